The fourth-order valence-electron chi connectivity index (χ4n) is 2.63. The van der Waals surface area contributed by atoms with Gasteiger partial charge in [0.15, 0.2) is 0 Å². The molecule has 0 atom stereocenters. The van der Waals surface area contributed by atoms with E-state index in [4.69, 9.17) is 4.74 Å². The first-order valence-electron chi connectivity index (χ1n) is 7.85. The van der Waals surface area contributed by atoms with E-state index in [2.05, 4.69) is 12.1 Å². The topological polar surface area (TPSA) is 26.3 Å². The quantitative estimate of drug-likeness (QED) is 0.565. The van der Waals surface area contributed by atoms with Crippen molar-refractivity contribution in [1.29, 1.82) is 0 Å². The molecular formula is C18H26O2. The second-order valence-corrected chi connectivity index (χ2v) is 6.53. The number of hydrogen-bond donors (Lipinski definition) is 0. The molecule has 1 aromatic rings. The lowest BCUT2D eigenvalue weighted by Gasteiger charge is -2.23. The number of benzene rings is 1. The molecule has 0 aromatic heterocycles. The van der Waals surface area contributed by atoms with Crippen LogP contribution in [0.2, 0.25) is 0 Å². The number of ether oxygens (including phenoxy) is 1. The molecule has 0 radical (unpaired) electrons. The van der Waals surface area contributed by atoms with Crippen molar-refractivity contribution in [2.24, 2.45) is 5.41 Å². The fourth-order valence-corrected chi connectivity index (χ4v) is 2.63. The lowest BCUT2D eigenvalue weighted by atomic mass is 9.84. The van der Waals surface area contributed by atoms with E-state index in [0.717, 1.165) is 6.42 Å². The number of carbonyl (C=O) groups excluding carboxylic acids is 1. The van der Waals surface area contributed by atoms with Gasteiger partial charge in [-0.2, -0.15) is 0 Å². The van der Waals surface area contributed by atoms with Crippen LogP contribution in [0.15, 0.2) is 24.3 Å². The van der Waals surface area contributed by atoms with Crippen molar-refractivity contribution in [3.63, 3.8) is 0 Å². The predicted molar refractivity (Wildman–Crippen MR) is 82.0 cm³/mol. The molecule has 1 aliphatic rings. The van der Waals surface area contributed by atoms with Crippen molar-refractivity contribution in [3.8, 4) is 5.75 Å². The van der Waals surface area contributed by atoms with Crippen LogP contribution in [0.5, 0.6) is 5.75 Å². The van der Waals surface area contributed by atoms with Gasteiger partial charge < -0.3 is 4.74 Å². The Balaban J connectivity index is 1.99. The Morgan fingerprint density at radius 3 is 2.30 bits per heavy atom. The van der Waals surface area contributed by atoms with Crippen molar-refractivity contribution in [2.45, 2.75) is 65.2 Å². The number of esters is 1. The van der Waals surface area contributed by atoms with Gasteiger partial charge in [-0.25, -0.2) is 0 Å². The zero-order valence-electron chi connectivity index (χ0n) is 12.9. The van der Waals surface area contributed by atoms with E-state index >= 15 is 0 Å². The summed E-state index contributed by atoms with van der Waals surface area (Å²) in [5, 5.41) is 0. The van der Waals surface area contributed by atoms with Crippen molar-refractivity contribution in [1.82, 2.24) is 0 Å². The highest BCUT2D eigenvalue weighted by atomic mass is 16.5. The van der Waals surface area contributed by atoms with Gasteiger partial charge in [0, 0.05) is 0 Å². The first kappa shape index (κ1) is 15.1. The third-order valence-electron chi connectivity index (χ3n) is 4.60. The van der Waals surface area contributed by atoms with Gasteiger partial charge in [-0.15, -0.1) is 0 Å². The molecule has 0 N–H and O–H groups in total. The van der Waals surface area contributed by atoms with Crippen LogP contribution >= 0.6 is 0 Å². The summed E-state index contributed by atoms with van der Waals surface area (Å²) in [4.78, 5) is 12.0. The third kappa shape index (κ3) is 3.62. The molecule has 1 aromatic carbocycles. The van der Waals surface area contributed by atoms with Crippen LogP contribution in [0, 0.1) is 5.41 Å². The maximum Gasteiger partial charge on any atom is 0.316 e. The van der Waals surface area contributed by atoms with Crippen LogP contribution in [-0.2, 0) is 4.79 Å². The van der Waals surface area contributed by atoms with Gasteiger partial charge in [0.2, 0.25) is 0 Å². The standard InChI is InChI=1S/C18H26O2/c1-4-18(2,3)17(19)20-16-12-10-15(11-13-16)14-8-6-5-7-9-14/h10-14H,4-9H2,1-3H3. The first-order chi connectivity index (χ1) is 9.53. The zero-order valence-corrected chi connectivity index (χ0v) is 12.9. The van der Waals surface area contributed by atoms with E-state index in [1.807, 2.05) is 32.9 Å². The summed E-state index contributed by atoms with van der Waals surface area (Å²) in [5.74, 6) is 1.21. The van der Waals surface area contributed by atoms with Crippen LogP contribution in [0.25, 0.3) is 0 Å². The van der Waals surface area contributed by atoms with Gasteiger partial charge in [0.25, 0.3) is 0 Å². The number of carbonyl (C=O) groups is 1. The average Bonchev–Trinajstić information content (AvgIpc) is 2.49. The minimum atomic E-state index is -0.415. The molecule has 0 spiro atoms. The lowest BCUT2D eigenvalue weighted by Crippen LogP contribution is -2.28. The Hall–Kier alpha value is -1.31. The van der Waals surface area contributed by atoms with Gasteiger partial charge in [0.1, 0.15) is 5.75 Å². The van der Waals surface area contributed by atoms with Crippen molar-refractivity contribution in [2.75, 3.05) is 0 Å². The molecule has 110 valence electrons. The van der Waals surface area contributed by atoms with Crippen molar-refractivity contribution < 1.29 is 9.53 Å². The Kier molecular flexibility index (Phi) is 4.85. The Morgan fingerprint density at radius 2 is 1.75 bits per heavy atom. The molecule has 1 fully saturated rings. The summed E-state index contributed by atoms with van der Waals surface area (Å²) in [6, 6.07) is 8.12. The third-order valence-corrected chi connectivity index (χ3v) is 4.60. The Bertz CT molecular complexity index is 439. The van der Waals surface area contributed by atoms with Gasteiger partial charge in [-0.05, 0) is 56.7 Å². The van der Waals surface area contributed by atoms with Crippen LogP contribution in [0.3, 0.4) is 0 Å². The Morgan fingerprint density at radius 1 is 1.15 bits per heavy atom. The highest BCUT2D eigenvalue weighted by Gasteiger charge is 2.27. The normalized spacial score (nSPS) is 16.9. The molecule has 2 nitrogen and oxygen atoms in total. The highest BCUT2D eigenvalue weighted by Crippen LogP contribution is 2.33. The summed E-state index contributed by atoms with van der Waals surface area (Å²) in [5.41, 5.74) is 0.974. The molecule has 0 unspecified atom stereocenters. The summed E-state index contributed by atoms with van der Waals surface area (Å²) in [6.45, 7) is 5.85. The van der Waals surface area contributed by atoms with Crippen molar-refractivity contribution in [3.05, 3.63) is 29.8 Å². The average molecular weight is 274 g/mol. The van der Waals surface area contributed by atoms with Crippen LogP contribution in [0.4, 0.5) is 0 Å². The molecule has 0 amide bonds. The molecule has 2 rings (SSSR count). The number of hydrogen-bond acceptors (Lipinski definition) is 2. The molecule has 2 heteroatoms. The molecule has 20 heavy (non-hydrogen) atoms. The molecule has 0 aliphatic heterocycles. The van der Waals surface area contributed by atoms with E-state index in [1.165, 1.54) is 37.7 Å². The van der Waals surface area contributed by atoms with Crippen LogP contribution in [-0.4, -0.2) is 5.97 Å². The monoisotopic (exact) mass is 274 g/mol. The molecule has 1 saturated carbocycles. The maximum atomic E-state index is 12.0. The Labute approximate surface area is 122 Å². The largest absolute Gasteiger partial charge is 0.426 e. The predicted octanol–water partition coefficient (Wildman–Crippen LogP) is 5.08. The fraction of sp³-hybridized carbons (Fsp3) is 0.611. The number of rotatable bonds is 4. The molecule has 0 heterocycles. The second-order valence-electron chi connectivity index (χ2n) is 6.53. The second kappa shape index (κ2) is 6.43. The first-order valence-corrected chi connectivity index (χ1v) is 7.85. The summed E-state index contributed by atoms with van der Waals surface area (Å²) >= 11 is 0. The SMILES string of the molecule is CCC(C)(C)C(=O)Oc1ccc(C2CCCCC2)cc1. The molecular weight excluding hydrogens is 248 g/mol. The van der Waals surface area contributed by atoms with Gasteiger partial charge in [0.05, 0.1) is 5.41 Å². The smallest absolute Gasteiger partial charge is 0.316 e. The lowest BCUT2D eigenvalue weighted by molar-refractivity contribution is -0.144. The van der Waals surface area contributed by atoms with E-state index < -0.39 is 5.41 Å². The minimum Gasteiger partial charge on any atom is -0.426 e. The van der Waals surface area contributed by atoms with E-state index in [1.54, 1.807) is 0 Å². The van der Waals surface area contributed by atoms with Gasteiger partial charge >= 0.3 is 5.97 Å². The zero-order chi connectivity index (χ0) is 14.6. The van der Waals surface area contributed by atoms with Gasteiger partial charge in [-0.1, -0.05) is 38.3 Å². The van der Waals surface area contributed by atoms with Crippen LogP contribution < -0.4 is 4.74 Å². The van der Waals surface area contributed by atoms with E-state index in [9.17, 15) is 4.79 Å². The molecule has 1 aliphatic carbocycles. The van der Waals surface area contributed by atoms with E-state index in [0.29, 0.717) is 11.7 Å². The van der Waals surface area contributed by atoms with Crippen LogP contribution in [0.1, 0.15) is 70.8 Å². The van der Waals surface area contributed by atoms with Gasteiger partial charge in [-0.3, -0.25) is 4.79 Å². The summed E-state index contributed by atoms with van der Waals surface area (Å²) in [6.07, 6.45) is 7.42. The maximum absolute atomic E-state index is 12.0. The summed E-state index contributed by atoms with van der Waals surface area (Å²) in [7, 11) is 0. The molecule has 0 bridgehead atoms. The van der Waals surface area contributed by atoms with E-state index in [-0.39, 0.29) is 5.97 Å². The summed E-state index contributed by atoms with van der Waals surface area (Å²) < 4.78 is 5.47. The van der Waals surface area contributed by atoms with Crippen molar-refractivity contribution >= 4 is 5.97 Å². The highest BCUT2D eigenvalue weighted by molar-refractivity contribution is 5.78. The molecule has 0 saturated heterocycles. The minimum absolute atomic E-state index is 0.148.